The van der Waals surface area contributed by atoms with Crippen LogP contribution in [0.15, 0.2) is 52.3 Å². The zero-order valence-corrected chi connectivity index (χ0v) is 11.6. The highest BCUT2D eigenvalue weighted by Crippen LogP contribution is 2.29. The number of nitrogens with two attached hydrogens (primary N) is 1. The minimum Gasteiger partial charge on any atom is -0.399 e. The molecule has 0 spiro atoms. The van der Waals surface area contributed by atoms with E-state index in [0.717, 1.165) is 5.69 Å². The first-order valence-electron chi connectivity index (χ1n) is 5.26. The lowest BCUT2D eigenvalue weighted by Crippen LogP contribution is -1.83. The van der Waals surface area contributed by atoms with Gasteiger partial charge < -0.3 is 5.73 Å². The molecule has 2 N–H and O–H groups in total. The molecule has 0 atom stereocenters. The van der Waals surface area contributed by atoms with Crippen LogP contribution in [0.1, 0.15) is 11.1 Å². The Balaban J connectivity index is 0.00000144. The zero-order chi connectivity index (χ0) is 11.5. The molecule has 0 bridgehead atoms. The van der Waals surface area contributed by atoms with Gasteiger partial charge in [-0.1, -0.05) is 17.8 Å². The molecule has 0 unspecified atom stereocenters. The largest absolute Gasteiger partial charge is 0.399 e. The quantitative estimate of drug-likeness (QED) is 0.812. The van der Waals surface area contributed by atoms with E-state index in [4.69, 9.17) is 5.73 Å². The van der Waals surface area contributed by atoms with Crippen molar-refractivity contribution in [3.05, 3.63) is 53.6 Å². The van der Waals surface area contributed by atoms with Crippen molar-refractivity contribution < 1.29 is 0 Å². The molecule has 0 heterocycles. The van der Waals surface area contributed by atoms with E-state index in [-0.39, 0.29) is 12.4 Å². The summed E-state index contributed by atoms with van der Waals surface area (Å²) in [5.41, 5.74) is 9.13. The van der Waals surface area contributed by atoms with Crippen LogP contribution in [0.5, 0.6) is 0 Å². The van der Waals surface area contributed by atoms with E-state index in [2.05, 4.69) is 44.2 Å². The van der Waals surface area contributed by atoms with Gasteiger partial charge in [0, 0.05) is 15.5 Å². The van der Waals surface area contributed by atoms with Gasteiger partial charge in [-0.3, -0.25) is 0 Å². The number of benzene rings is 2. The van der Waals surface area contributed by atoms with Gasteiger partial charge in [0.2, 0.25) is 0 Å². The number of aryl methyl sites for hydroxylation is 2. The fourth-order valence-corrected chi connectivity index (χ4v) is 2.37. The van der Waals surface area contributed by atoms with Crippen molar-refractivity contribution in [2.45, 2.75) is 23.6 Å². The molecule has 0 amide bonds. The van der Waals surface area contributed by atoms with Gasteiger partial charge in [-0.25, -0.2) is 0 Å². The third-order valence-electron chi connectivity index (χ3n) is 2.59. The molecule has 0 aromatic heterocycles. The maximum atomic E-state index is 5.65. The van der Waals surface area contributed by atoms with E-state index in [0.29, 0.717) is 0 Å². The Morgan fingerprint density at radius 2 is 1.41 bits per heavy atom. The van der Waals surface area contributed by atoms with E-state index < -0.39 is 0 Å². The third-order valence-corrected chi connectivity index (χ3v) is 3.59. The normalized spacial score (nSPS) is 9.76. The average molecular weight is 266 g/mol. The molecule has 0 saturated carbocycles. The summed E-state index contributed by atoms with van der Waals surface area (Å²) in [6, 6.07) is 14.5. The van der Waals surface area contributed by atoms with Crippen LogP contribution >= 0.6 is 24.2 Å². The summed E-state index contributed by atoms with van der Waals surface area (Å²) in [5, 5.41) is 0. The van der Waals surface area contributed by atoms with E-state index >= 15 is 0 Å². The van der Waals surface area contributed by atoms with Crippen LogP contribution in [0, 0.1) is 13.8 Å². The fraction of sp³-hybridized carbons (Fsp3) is 0.143. The highest BCUT2D eigenvalue weighted by molar-refractivity contribution is 7.99. The Bertz CT molecular complexity index is 494. The van der Waals surface area contributed by atoms with Crippen LogP contribution in [0.2, 0.25) is 0 Å². The molecule has 2 rings (SSSR count). The Kier molecular flexibility index (Phi) is 4.91. The number of nitrogen functional groups attached to an aromatic ring is 1. The van der Waals surface area contributed by atoms with Crippen LogP contribution < -0.4 is 5.73 Å². The molecule has 3 heteroatoms. The predicted octanol–water partition coefficient (Wildman–Crippen LogP) is 4.46. The molecule has 2 aromatic rings. The average Bonchev–Trinajstić information content (AvgIpc) is 2.27. The molecule has 0 radical (unpaired) electrons. The molecule has 1 nitrogen and oxygen atoms in total. The second-order valence-corrected chi connectivity index (χ2v) is 5.06. The maximum Gasteiger partial charge on any atom is 0.0314 e. The first-order valence-corrected chi connectivity index (χ1v) is 6.07. The molecule has 0 aliphatic heterocycles. The second-order valence-electron chi connectivity index (χ2n) is 3.92. The smallest absolute Gasteiger partial charge is 0.0314 e. The van der Waals surface area contributed by atoms with E-state index in [1.165, 1.54) is 20.9 Å². The molecule has 0 saturated heterocycles. The number of rotatable bonds is 2. The van der Waals surface area contributed by atoms with Crippen LogP contribution in [-0.2, 0) is 0 Å². The van der Waals surface area contributed by atoms with Crippen molar-refractivity contribution in [2.75, 3.05) is 5.73 Å². The van der Waals surface area contributed by atoms with Crippen molar-refractivity contribution in [1.82, 2.24) is 0 Å². The molecule has 90 valence electrons. The lowest BCUT2D eigenvalue weighted by Gasteiger charge is -2.05. The summed E-state index contributed by atoms with van der Waals surface area (Å²) in [4.78, 5) is 2.49. The van der Waals surface area contributed by atoms with Gasteiger partial charge in [0.25, 0.3) is 0 Å². The highest BCUT2D eigenvalue weighted by atomic mass is 35.5. The molecule has 0 fully saturated rings. The van der Waals surface area contributed by atoms with E-state index in [9.17, 15) is 0 Å². The molecule has 2 aromatic carbocycles. The number of anilines is 1. The van der Waals surface area contributed by atoms with Crippen molar-refractivity contribution in [3.63, 3.8) is 0 Å². The predicted molar refractivity (Wildman–Crippen MR) is 78.1 cm³/mol. The third kappa shape index (κ3) is 3.69. The maximum absolute atomic E-state index is 5.65. The fourth-order valence-electron chi connectivity index (χ4n) is 1.45. The molecule has 17 heavy (non-hydrogen) atoms. The lowest BCUT2D eigenvalue weighted by atomic mass is 10.1. The van der Waals surface area contributed by atoms with Gasteiger partial charge in [-0.2, -0.15) is 0 Å². The summed E-state index contributed by atoms with van der Waals surface area (Å²) in [7, 11) is 0. The number of hydrogen-bond donors (Lipinski definition) is 1. The van der Waals surface area contributed by atoms with Gasteiger partial charge in [-0.15, -0.1) is 12.4 Å². The first-order chi connectivity index (χ1) is 7.65. The number of hydrogen-bond acceptors (Lipinski definition) is 2. The Labute approximate surface area is 113 Å². The minimum atomic E-state index is 0. The van der Waals surface area contributed by atoms with Crippen LogP contribution in [0.4, 0.5) is 5.69 Å². The Morgan fingerprint density at radius 3 is 2.00 bits per heavy atom. The molecular formula is C14H16ClNS. The van der Waals surface area contributed by atoms with Gasteiger partial charge in [0.05, 0.1) is 0 Å². The van der Waals surface area contributed by atoms with Crippen molar-refractivity contribution in [1.29, 1.82) is 0 Å². The summed E-state index contributed by atoms with van der Waals surface area (Å²) in [5.74, 6) is 0. The standard InChI is InChI=1S/C14H15NS.ClH/c1-10-3-6-14(9-11(10)2)16-13-7-4-12(15)5-8-13;/h3-9H,15H2,1-2H3;1H. The van der Waals surface area contributed by atoms with Crippen LogP contribution in [0.3, 0.4) is 0 Å². The van der Waals surface area contributed by atoms with Gasteiger partial charge in [-0.05, 0) is 61.4 Å². The van der Waals surface area contributed by atoms with E-state index in [1.807, 2.05) is 12.1 Å². The van der Waals surface area contributed by atoms with E-state index in [1.54, 1.807) is 11.8 Å². The monoisotopic (exact) mass is 265 g/mol. The SMILES string of the molecule is Cc1ccc(Sc2ccc(N)cc2)cc1C.Cl. The Morgan fingerprint density at radius 1 is 0.824 bits per heavy atom. The summed E-state index contributed by atoms with van der Waals surface area (Å²) in [6.07, 6.45) is 0. The van der Waals surface area contributed by atoms with Gasteiger partial charge in [0.15, 0.2) is 0 Å². The second kappa shape index (κ2) is 5.99. The molecule has 0 aliphatic carbocycles. The molecule has 0 aliphatic rings. The minimum absolute atomic E-state index is 0. The van der Waals surface area contributed by atoms with Gasteiger partial charge >= 0.3 is 0 Å². The van der Waals surface area contributed by atoms with Crippen LogP contribution in [-0.4, -0.2) is 0 Å². The molecular weight excluding hydrogens is 250 g/mol. The lowest BCUT2D eigenvalue weighted by molar-refractivity contribution is 1.27. The summed E-state index contributed by atoms with van der Waals surface area (Å²) in [6.45, 7) is 4.27. The zero-order valence-electron chi connectivity index (χ0n) is 9.94. The van der Waals surface area contributed by atoms with Crippen molar-refractivity contribution in [3.8, 4) is 0 Å². The topological polar surface area (TPSA) is 26.0 Å². The summed E-state index contributed by atoms with van der Waals surface area (Å²) < 4.78 is 0. The van der Waals surface area contributed by atoms with Crippen LogP contribution in [0.25, 0.3) is 0 Å². The highest BCUT2D eigenvalue weighted by Gasteiger charge is 1.99. The number of halogens is 1. The first kappa shape index (κ1) is 13.9. The summed E-state index contributed by atoms with van der Waals surface area (Å²) >= 11 is 1.76. The van der Waals surface area contributed by atoms with Crippen molar-refractivity contribution in [2.24, 2.45) is 0 Å². The Hall–Kier alpha value is -1.12. The van der Waals surface area contributed by atoms with Gasteiger partial charge in [0.1, 0.15) is 0 Å². The van der Waals surface area contributed by atoms with Crippen molar-refractivity contribution >= 4 is 29.9 Å².